The van der Waals surface area contributed by atoms with Gasteiger partial charge in [-0.3, -0.25) is 4.79 Å². The number of Topliss-reactive ketones (excluding diaryl/α,β-unsaturated/α-hetero) is 1. The third-order valence-corrected chi connectivity index (χ3v) is 3.47. The first-order chi connectivity index (χ1) is 8.65. The minimum Gasteiger partial charge on any atom is -0.298 e. The van der Waals surface area contributed by atoms with Crippen molar-refractivity contribution in [1.29, 1.82) is 0 Å². The Morgan fingerprint density at radius 1 is 1.17 bits per heavy atom. The Morgan fingerprint density at radius 2 is 1.78 bits per heavy atom. The Morgan fingerprint density at radius 3 is 2.39 bits per heavy atom. The summed E-state index contributed by atoms with van der Waals surface area (Å²) in [6.07, 6.45) is 6.07. The average Bonchev–Trinajstić information content (AvgIpc) is 2.38. The predicted octanol–water partition coefficient (Wildman–Crippen LogP) is 5.04. The van der Waals surface area contributed by atoms with Gasteiger partial charge in [-0.15, -0.1) is 11.6 Å². The highest BCUT2D eigenvalue weighted by Gasteiger charge is 2.16. The lowest BCUT2D eigenvalue weighted by atomic mass is 10.0. The van der Waals surface area contributed by atoms with E-state index >= 15 is 0 Å². The number of alkyl halides is 1. The van der Waals surface area contributed by atoms with Gasteiger partial charge in [-0.2, -0.15) is 0 Å². The number of rotatable bonds is 8. The topological polar surface area (TPSA) is 17.1 Å². The fraction of sp³-hybridized carbons (Fsp3) is 0.533. The van der Waals surface area contributed by atoms with E-state index in [1.165, 1.54) is 31.4 Å². The zero-order valence-corrected chi connectivity index (χ0v) is 11.5. The molecule has 100 valence electrons. The van der Waals surface area contributed by atoms with E-state index in [2.05, 4.69) is 6.92 Å². The Balaban J connectivity index is 2.34. The van der Waals surface area contributed by atoms with E-state index in [9.17, 15) is 9.18 Å². The Labute approximate surface area is 113 Å². The van der Waals surface area contributed by atoms with E-state index in [0.29, 0.717) is 12.0 Å². The third-order valence-electron chi connectivity index (χ3n) is 2.97. The lowest BCUT2D eigenvalue weighted by Crippen LogP contribution is -2.06. The van der Waals surface area contributed by atoms with Crippen LogP contribution in [0.5, 0.6) is 0 Å². The van der Waals surface area contributed by atoms with Crippen LogP contribution in [0.2, 0.25) is 0 Å². The third kappa shape index (κ3) is 5.18. The standard InChI is InChI=1S/C15H20ClFO/c1-2-3-4-5-6-7-14(18)15(16)12-8-10-13(17)11-9-12/h8-11,15H,2-7H2,1H3. The zero-order valence-electron chi connectivity index (χ0n) is 10.8. The summed E-state index contributed by atoms with van der Waals surface area (Å²) in [5, 5.41) is -0.642. The highest BCUT2D eigenvalue weighted by molar-refractivity contribution is 6.31. The van der Waals surface area contributed by atoms with Crippen LogP contribution in [0.15, 0.2) is 24.3 Å². The van der Waals surface area contributed by atoms with Crippen LogP contribution in [-0.2, 0) is 4.79 Å². The molecule has 0 aromatic heterocycles. The second-order valence-corrected chi connectivity index (χ2v) is 4.98. The molecule has 18 heavy (non-hydrogen) atoms. The van der Waals surface area contributed by atoms with Gasteiger partial charge in [-0.05, 0) is 24.1 Å². The summed E-state index contributed by atoms with van der Waals surface area (Å²) in [6, 6.07) is 5.81. The largest absolute Gasteiger partial charge is 0.298 e. The van der Waals surface area contributed by atoms with Crippen molar-refractivity contribution in [2.24, 2.45) is 0 Å². The molecular weight excluding hydrogens is 251 g/mol. The van der Waals surface area contributed by atoms with Crippen molar-refractivity contribution >= 4 is 17.4 Å². The van der Waals surface area contributed by atoms with Crippen LogP contribution in [0.4, 0.5) is 4.39 Å². The molecule has 0 fully saturated rings. The fourth-order valence-electron chi connectivity index (χ4n) is 1.85. The molecule has 0 aliphatic carbocycles. The molecule has 0 N–H and O–H groups in total. The smallest absolute Gasteiger partial charge is 0.155 e. The van der Waals surface area contributed by atoms with Crippen LogP contribution in [0.1, 0.15) is 56.4 Å². The minimum atomic E-state index is -0.642. The highest BCUT2D eigenvalue weighted by Crippen LogP contribution is 2.24. The highest BCUT2D eigenvalue weighted by atomic mass is 35.5. The summed E-state index contributed by atoms with van der Waals surface area (Å²) in [5.41, 5.74) is 0.677. The number of carbonyl (C=O) groups is 1. The lowest BCUT2D eigenvalue weighted by molar-refractivity contribution is -0.118. The molecule has 0 bridgehead atoms. The van der Waals surface area contributed by atoms with Crippen molar-refractivity contribution in [1.82, 2.24) is 0 Å². The number of hydrogen-bond donors (Lipinski definition) is 0. The number of unbranched alkanes of at least 4 members (excludes halogenated alkanes) is 4. The van der Waals surface area contributed by atoms with Crippen molar-refractivity contribution in [2.45, 2.75) is 50.8 Å². The van der Waals surface area contributed by atoms with Crippen LogP contribution >= 0.6 is 11.6 Å². The fourth-order valence-corrected chi connectivity index (χ4v) is 2.10. The van der Waals surface area contributed by atoms with Crippen LogP contribution in [0, 0.1) is 5.82 Å². The minimum absolute atomic E-state index is 0.0276. The molecule has 1 atom stereocenters. The summed E-state index contributed by atoms with van der Waals surface area (Å²) in [4.78, 5) is 11.8. The van der Waals surface area contributed by atoms with Crippen molar-refractivity contribution < 1.29 is 9.18 Å². The van der Waals surface area contributed by atoms with Gasteiger partial charge in [0.25, 0.3) is 0 Å². The number of benzene rings is 1. The first-order valence-corrected chi connectivity index (χ1v) is 7.01. The van der Waals surface area contributed by atoms with Crippen molar-refractivity contribution in [2.75, 3.05) is 0 Å². The maximum absolute atomic E-state index is 12.7. The summed E-state index contributed by atoms with van der Waals surface area (Å²) in [7, 11) is 0. The van der Waals surface area contributed by atoms with Gasteiger partial charge in [-0.1, -0.05) is 44.7 Å². The van der Waals surface area contributed by atoms with Crippen LogP contribution in [0.3, 0.4) is 0 Å². The molecule has 0 spiro atoms. The van der Waals surface area contributed by atoms with Crippen molar-refractivity contribution in [3.8, 4) is 0 Å². The zero-order chi connectivity index (χ0) is 13.4. The van der Waals surface area contributed by atoms with Gasteiger partial charge in [-0.25, -0.2) is 4.39 Å². The van der Waals surface area contributed by atoms with Gasteiger partial charge in [0.1, 0.15) is 11.2 Å². The normalized spacial score (nSPS) is 12.4. The SMILES string of the molecule is CCCCCCCC(=O)C(Cl)c1ccc(F)cc1. The van der Waals surface area contributed by atoms with E-state index in [1.54, 1.807) is 12.1 Å². The van der Waals surface area contributed by atoms with Gasteiger partial charge in [0.15, 0.2) is 5.78 Å². The summed E-state index contributed by atoms with van der Waals surface area (Å²) >= 11 is 6.08. The second-order valence-electron chi connectivity index (χ2n) is 4.54. The maximum atomic E-state index is 12.7. The van der Waals surface area contributed by atoms with E-state index in [-0.39, 0.29) is 11.6 Å². The van der Waals surface area contributed by atoms with Gasteiger partial charge >= 0.3 is 0 Å². The quantitative estimate of drug-likeness (QED) is 0.478. The number of halogens is 2. The molecule has 0 saturated heterocycles. The Bertz CT molecular complexity index is 361. The molecule has 0 aliphatic heterocycles. The molecule has 1 aromatic rings. The first-order valence-electron chi connectivity index (χ1n) is 6.57. The van der Waals surface area contributed by atoms with Crippen LogP contribution in [0.25, 0.3) is 0 Å². The van der Waals surface area contributed by atoms with Gasteiger partial charge < -0.3 is 0 Å². The summed E-state index contributed by atoms with van der Waals surface area (Å²) in [6.45, 7) is 2.16. The summed E-state index contributed by atoms with van der Waals surface area (Å²) < 4.78 is 12.7. The molecule has 0 radical (unpaired) electrons. The molecule has 0 saturated carbocycles. The van der Waals surface area contributed by atoms with Gasteiger partial charge in [0.05, 0.1) is 0 Å². The number of carbonyl (C=O) groups excluding carboxylic acids is 1. The molecule has 0 amide bonds. The molecule has 0 aliphatic rings. The monoisotopic (exact) mass is 270 g/mol. The van der Waals surface area contributed by atoms with E-state index in [4.69, 9.17) is 11.6 Å². The molecular formula is C15H20ClFO. The predicted molar refractivity (Wildman–Crippen MR) is 73.4 cm³/mol. The van der Waals surface area contributed by atoms with E-state index < -0.39 is 5.38 Å². The molecule has 1 nitrogen and oxygen atoms in total. The van der Waals surface area contributed by atoms with Crippen LogP contribution in [-0.4, -0.2) is 5.78 Å². The van der Waals surface area contributed by atoms with Crippen molar-refractivity contribution in [3.63, 3.8) is 0 Å². The summed E-state index contributed by atoms with van der Waals surface area (Å²) in [5.74, 6) is -0.283. The Kier molecular flexibility index (Phi) is 6.96. The molecule has 0 heterocycles. The average molecular weight is 271 g/mol. The molecule has 1 rings (SSSR count). The van der Waals surface area contributed by atoms with Crippen LogP contribution < -0.4 is 0 Å². The lowest BCUT2D eigenvalue weighted by Gasteiger charge is -2.08. The second kappa shape index (κ2) is 8.25. The van der Waals surface area contributed by atoms with E-state index in [0.717, 1.165) is 12.8 Å². The van der Waals surface area contributed by atoms with Gasteiger partial charge in [0, 0.05) is 6.42 Å². The molecule has 3 heteroatoms. The molecule has 1 unspecified atom stereocenters. The number of ketones is 1. The number of hydrogen-bond acceptors (Lipinski definition) is 1. The van der Waals surface area contributed by atoms with E-state index in [1.807, 2.05) is 0 Å². The van der Waals surface area contributed by atoms with Gasteiger partial charge in [0.2, 0.25) is 0 Å². The van der Waals surface area contributed by atoms with Crippen molar-refractivity contribution in [3.05, 3.63) is 35.6 Å². The maximum Gasteiger partial charge on any atom is 0.155 e. The Hall–Kier alpha value is -0.890. The first kappa shape index (κ1) is 15.2. The molecule has 1 aromatic carbocycles.